The number of fused-ring (bicyclic) bond motifs is 1. The van der Waals surface area contributed by atoms with E-state index in [9.17, 15) is 9.18 Å². The van der Waals surface area contributed by atoms with E-state index in [0.29, 0.717) is 21.9 Å². The molecule has 4 rings (SSSR count). The average Bonchev–Trinajstić information content (AvgIpc) is 3.17. The number of nitrogens with one attached hydrogen (secondary N) is 2. The third kappa shape index (κ3) is 2.01. The molecule has 6 nitrogen and oxygen atoms in total. The highest BCUT2D eigenvalue weighted by atomic mass is 32.1. The summed E-state index contributed by atoms with van der Waals surface area (Å²) in [6, 6.07) is 6.01. The van der Waals surface area contributed by atoms with Crippen molar-refractivity contribution in [1.82, 2.24) is 25.1 Å². The summed E-state index contributed by atoms with van der Waals surface area (Å²) in [5.74, 6) is 0.418. The first-order valence-corrected chi connectivity index (χ1v) is 7.23. The minimum Gasteiger partial charge on any atom is -0.303 e. The van der Waals surface area contributed by atoms with Gasteiger partial charge in [0.2, 0.25) is 0 Å². The van der Waals surface area contributed by atoms with Gasteiger partial charge in [-0.15, -0.1) is 11.3 Å². The molecule has 0 saturated carbocycles. The molecule has 108 valence electrons. The molecule has 0 aliphatic rings. The second kappa shape index (κ2) is 4.85. The lowest BCUT2D eigenvalue weighted by Crippen LogP contribution is -2.09. The van der Waals surface area contributed by atoms with Gasteiger partial charge in [0.25, 0.3) is 5.56 Å². The second-order valence-corrected chi connectivity index (χ2v) is 5.44. The van der Waals surface area contributed by atoms with Crippen molar-refractivity contribution in [3.8, 4) is 22.8 Å². The summed E-state index contributed by atoms with van der Waals surface area (Å²) >= 11 is 1.35. The number of thiophene rings is 1. The number of hydrogen-bond acceptors (Lipinski definition) is 5. The van der Waals surface area contributed by atoms with E-state index in [4.69, 9.17) is 0 Å². The standard InChI is InChI=1S/C14H8FN5OS/c15-8-3-1-7(2-4-8)9-5-22-14-10(9)13(21)18-12(19-14)11-16-6-17-20-11/h1-6H,(H,16,17,20)(H,18,19,21). The van der Waals surface area contributed by atoms with Crippen molar-refractivity contribution < 1.29 is 4.39 Å². The molecule has 0 spiro atoms. The summed E-state index contributed by atoms with van der Waals surface area (Å²) in [5, 5.41) is 8.72. The third-order valence-electron chi connectivity index (χ3n) is 3.24. The van der Waals surface area contributed by atoms with Crippen LogP contribution in [0.5, 0.6) is 0 Å². The van der Waals surface area contributed by atoms with Crippen molar-refractivity contribution in [2.24, 2.45) is 0 Å². The van der Waals surface area contributed by atoms with Crippen molar-refractivity contribution in [2.75, 3.05) is 0 Å². The first-order valence-electron chi connectivity index (χ1n) is 6.35. The van der Waals surface area contributed by atoms with Crippen molar-refractivity contribution in [3.05, 3.63) is 52.1 Å². The Morgan fingerprint density at radius 3 is 2.68 bits per heavy atom. The lowest BCUT2D eigenvalue weighted by molar-refractivity contribution is 0.628. The molecule has 4 aromatic rings. The van der Waals surface area contributed by atoms with E-state index in [0.717, 1.165) is 11.1 Å². The highest BCUT2D eigenvalue weighted by molar-refractivity contribution is 7.17. The van der Waals surface area contributed by atoms with E-state index in [2.05, 4.69) is 25.1 Å². The molecule has 0 saturated heterocycles. The zero-order chi connectivity index (χ0) is 15.1. The predicted molar refractivity (Wildman–Crippen MR) is 81.0 cm³/mol. The Bertz CT molecular complexity index is 1000. The van der Waals surface area contributed by atoms with Crippen LogP contribution in [-0.2, 0) is 0 Å². The number of aromatic amines is 2. The van der Waals surface area contributed by atoms with Crippen LogP contribution in [0.3, 0.4) is 0 Å². The van der Waals surface area contributed by atoms with E-state index in [-0.39, 0.29) is 11.4 Å². The van der Waals surface area contributed by atoms with Crippen LogP contribution in [0.2, 0.25) is 0 Å². The Morgan fingerprint density at radius 1 is 1.14 bits per heavy atom. The fourth-order valence-electron chi connectivity index (χ4n) is 2.22. The Balaban J connectivity index is 1.93. The number of halogens is 1. The zero-order valence-corrected chi connectivity index (χ0v) is 11.8. The lowest BCUT2D eigenvalue weighted by atomic mass is 10.1. The maximum absolute atomic E-state index is 13.0. The van der Waals surface area contributed by atoms with E-state index >= 15 is 0 Å². The van der Waals surface area contributed by atoms with E-state index in [1.807, 2.05) is 5.38 Å². The van der Waals surface area contributed by atoms with Crippen LogP contribution in [0.15, 0.2) is 40.8 Å². The summed E-state index contributed by atoms with van der Waals surface area (Å²) in [4.78, 5) is 24.0. The third-order valence-corrected chi connectivity index (χ3v) is 4.11. The fourth-order valence-corrected chi connectivity index (χ4v) is 3.17. The van der Waals surface area contributed by atoms with Crippen molar-refractivity contribution >= 4 is 21.6 Å². The number of aromatic nitrogens is 5. The molecule has 3 heterocycles. The number of hydrogen-bond donors (Lipinski definition) is 2. The topological polar surface area (TPSA) is 87.3 Å². The smallest absolute Gasteiger partial charge is 0.260 e. The summed E-state index contributed by atoms with van der Waals surface area (Å²) in [6.45, 7) is 0. The van der Waals surface area contributed by atoms with Gasteiger partial charge in [0.1, 0.15) is 17.0 Å². The first kappa shape index (κ1) is 12.8. The minimum atomic E-state index is -0.317. The number of nitrogens with zero attached hydrogens (tertiary/aromatic N) is 3. The minimum absolute atomic E-state index is 0.267. The maximum atomic E-state index is 13.0. The van der Waals surface area contributed by atoms with Crippen LogP contribution in [0.25, 0.3) is 33.0 Å². The van der Waals surface area contributed by atoms with Gasteiger partial charge in [-0.1, -0.05) is 12.1 Å². The maximum Gasteiger partial charge on any atom is 0.260 e. The van der Waals surface area contributed by atoms with E-state index in [1.165, 1.54) is 29.8 Å². The van der Waals surface area contributed by atoms with Crippen LogP contribution >= 0.6 is 11.3 Å². The summed E-state index contributed by atoms with van der Waals surface area (Å²) in [7, 11) is 0. The molecule has 22 heavy (non-hydrogen) atoms. The van der Waals surface area contributed by atoms with Crippen LogP contribution < -0.4 is 5.56 Å². The quantitative estimate of drug-likeness (QED) is 0.595. The number of rotatable bonds is 2. The van der Waals surface area contributed by atoms with Gasteiger partial charge in [0.15, 0.2) is 11.6 Å². The summed E-state index contributed by atoms with van der Waals surface area (Å²) in [5.41, 5.74) is 1.24. The zero-order valence-electron chi connectivity index (χ0n) is 11.0. The van der Waals surface area contributed by atoms with Crippen LogP contribution in [0.4, 0.5) is 4.39 Å². The summed E-state index contributed by atoms with van der Waals surface area (Å²) < 4.78 is 13.0. The normalized spacial score (nSPS) is 11.1. The second-order valence-electron chi connectivity index (χ2n) is 4.59. The average molecular weight is 313 g/mol. The van der Waals surface area contributed by atoms with Gasteiger partial charge in [-0.25, -0.2) is 14.4 Å². The van der Waals surface area contributed by atoms with Gasteiger partial charge in [-0.05, 0) is 17.7 Å². The number of H-pyrrole nitrogens is 2. The van der Waals surface area contributed by atoms with Crippen LogP contribution in [-0.4, -0.2) is 25.1 Å². The Kier molecular flexibility index (Phi) is 2.83. The Morgan fingerprint density at radius 2 is 1.95 bits per heavy atom. The molecular formula is C14H8FN5OS. The van der Waals surface area contributed by atoms with Crippen LogP contribution in [0.1, 0.15) is 0 Å². The SMILES string of the molecule is O=c1[nH]c(-c2ncn[nH]2)nc2scc(-c3ccc(F)cc3)c12. The summed E-state index contributed by atoms with van der Waals surface area (Å²) in [6.07, 6.45) is 1.35. The molecule has 0 aliphatic heterocycles. The van der Waals surface area contributed by atoms with Crippen LogP contribution in [0, 0.1) is 5.82 Å². The molecule has 0 bridgehead atoms. The first-order chi connectivity index (χ1) is 10.7. The molecule has 0 aliphatic carbocycles. The van der Waals surface area contributed by atoms with Gasteiger partial charge in [-0.3, -0.25) is 9.89 Å². The van der Waals surface area contributed by atoms with Crippen molar-refractivity contribution in [2.45, 2.75) is 0 Å². The van der Waals surface area contributed by atoms with Gasteiger partial charge in [0.05, 0.1) is 5.39 Å². The Labute approximate surface area is 126 Å². The molecular weight excluding hydrogens is 305 g/mol. The van der Waals surface area contributed by atoms with E-state index < -0.39 is 0 Å². The van der Waals surface area contributed by atoms with Crippen molar-refractivity contribution in [3.63, 3.8) is 0 Å². The predicted octanol–water partition coefficient (Wildman–Crippen LogP) is 2.58. The molecule has 2 N–H and O–H groups in total. The lowest BCUT2D eigenvalue weighted by Gasteiger charge is -2.00. The molecule has 0 amide bonds. The highest BCUT2D eigenvalue weighted by Gasteiger charge is 2.14. The van der Waals surface area contributed by atoms with Gasteiger partial charge in [-0.2, -0.15) is 5.10 Å². The Hall–Kier alpha value is -2.87. The largest absolute Gasteiger partial charge is 0.303 e. The number of benzene rings is 1. The molecule has 0 unspecified atom stereocenters. The highest BCUT2D eigenvalue weighted by Crippen LogP contribution is 2.31. The van der Waals surface area contributed by atoms with Gasteiger partial charge in [0, 0.05) is 10.9 Å². The molecule has 0 atom stereocenters. The molecule has 0 radical (unpaired) electrons. The monoisotopic (exact) mass is 313 g/mol. The van der Waals surface area contributed by atoms with Gasteiger partial charge >= 0.3 is 0 Å². The molecule has 8 heteroatoms. The van der Waals surface area contributed by atoms with Gasteiger partial charge < -0.3 is 4.98 Å². The fraction of sp³-hybridized carbons (Fsp3) is 0. The van der Waals surface area contributed by atoms with E-state index in [1.54, 1.807) is 12.1 Å². The molecule has 3 aromatic heterocycles. The molecule has 1 aromatic carbocycles. The molecule has 0 fully saturated rings. The van der Waals surface area contributed by atoms with Crippen molar-refractivity contribution in [1.29, 1.82) is 0 Å².